The van der Waals surface area contributed by atoms with Gasteiger partial charge in [0.15, 0.2) is 0 Å². The van der Waals surface area contributed by atoms with Gasteiger partial charge in [-0.1, -0.05) is 12.8 Å². The van der Waals surface area contributed by atoms with E-state index in [9.17, 15) is 0 Å². The van der Waals surface area contributed by atoms with Gasteiger partial charge in [0.05, 0.1) is 12.7 Å². The highest BCUT2D eigenvalue weighted by Crippen LogP contribution is 2.23. The molecular formula is C8H14NO. The topological polar surface area (TPSA) is 21.3 Å². The van der Waals surface area contributed by atoms with Crippen LogP contribution >= 0.6 is 0 Å². The Balaban J connectivity index is 1.93. The summed E-state index contributed by atoms with van der Waals surface area (Å²) in [6.45, 7) is 2.83. The SMILES string of the molecule is [CH]1CNC2CCCCC2O1. The second-order valence-corrected chi connectivity index (χ2v) is 3.14. The number of fused-ring (bicyclic) bond motifs is 1. The minimum Gasteiger partial charge on any atom is -0.369 e. The fourth-order valence-corrected chi connectivity index (χ4v) is 1.86. The zero-order valence-electron chi connectivity index (χ0n) is 6.18. The van der Waals surface area contributed by atoms with Crippen molar-refractivity contribution in [3.05, 3.63) is 6.61 Å². The van der Waals surface area contributed by atoms with E-state index in [-0.39, 0.29) is 0 Å². The molecule has 1 heterocycles. The smallest absolute Gasteiger partial charge is 0.0977 e. The van der Waals surface area contributed by atoms with Gasteiger partial charge in [-0.25, -0.2) is 0 Å². The molecule has 2 atom stereocenters. The van der Waals surface area contributed by atoms with Gasteiger partial charge in [-0.15, -0.1) is 0 Å². The van der Waals surface area contributed by atoms with Crippen LogP contribution in [0.2, 0.25) is 0 Å². The lowest BCUT2D eigenvalue weighted by Gasteiger charge is -2.35. The molecule has 2 aliphatic rings. The van der Waals surface area contributed by atoms with Crippen molar-refractivity contribution >= 4 is 0 Å². The van der Waals surface area contributed by atoms with E-state index in [0.29, 0.717) is 12.1 Å². The van der Waals surface area contributed by atoms with Gasteiger partial charge in [-0.3, -0.25) is 0 Å². The van der Waals surface area contributed by atoms with Crippen LogP contribution in [0.5, 0.6) is 0 Å². The fourth-order valence-electron chi connectivity index (χ4n) is 1.86. The summed E-state index contributed by atoms with van der Waals surface area (Å²) in [5.41, 5.74) is 0. The minimum absolute atomic E-state index is 0.488. The Labute approximate surface area is 61.9 Å². The van der Waals surface area contributed by atoms with Crippen LogP contribution in [0.3, 0.4) is 0 Å². The predicted molar refractivity (Wildman–Crippen MR) is 39.4 cm³/mol. The number of ether oxygens (including phenoxy) is 1. The van der Waals surface area contributed by atoms with Gasteiger partial charge in [-0.2, -0.15) is 0 Å². The molecule has 1 radical (unpaired) electrons. The summed E-state index contributed by atoms with van der Waals surface area (Å²) < 4.78 is 5.49. The van der Waals surface area contributed by atoms with Crippen LogP contribution in [0.1, 0.15) is 25.7 Å². The molecule has 57 valence electrons. The quantitative estimate of drug-likeness (QED) is 0.543. The van der Waals surface area contributed by atoms with Crippen LogP contribution < -0.4 is 5.32 Å². The second-order valence-electron chi connectivity index (χ2n) is 3.14. The standard InChI is InChI=1S/C8H14NO/c1-2-4-8-7(3-1)9-5-6-10-8/h6-9H,1-5H2. The Morgan fingerprint density at radius 2 is 2.20 bits per heavy atom. The number of rotatable bonds is 0. The van der Waals surface area contributed by atoms with Crippen LogP contribution in [0.15, 0.2) is 0 Å². The second kappa shape index (κ2) is 2.89. The number of nitrogens with one attached hydrogen (secondary N) is 1. The minimum atomic E-state index is 0.488. The molecule has 0 aromatic carbocycles. The molecule has 0 aromatic heterocycles. The van der Waals surface area contributed by atoms with Gasteiger partial charge in [0, 0.05) is 12.6 Å². The van der Waals surface area contributed by atoms with E-state index in [0.717, 1.165) is 6.54 Å². The van der Waals surface area contributed by atoms with Gasteiger partial charge in [0.25, 0.3) is 0 Å². The lowest BCUT2D eigenvalue weighted by atomic mass is 9.92. The molecule has 1 saturated heterocycles. The summed E-state index contributed by atoms with van der Waals surface area (Å²) in [4.78, 5) is 0. The molecule has 2 fully saturated rings. The van der Waals surface area contributed by atoms with Crippen LogP contribution in [-0.4, -0.2) is 18.7 Å². The van der Waals surface area contributed by atoms with E-state index in [1.165, 1.54) is 25.7 Å². The first kappa shape index (κ1) is 6.62. The normalized spacial score (nSPS) is 40.8. The molecule has 10 heavy (non-hydrogen) atoms. The fraction of sp³-hybridized carbons (Fsp3) is 0.875. The van der Waals surface area contributed by atoms with Crippen LogP contribution in [-0.2, 0) is 4.74 Å². The average Bonchev–Trinajstić information content (AvgIpc) is 2.05. The molecular weight excluding hydrogens is 126 g/mol. The average molecular weight is 140 g/mol. The first-order valence-corrected chi connectivity index (χ1v) is 4.17. The van der Waals surface area contributed by atoms with Gasteiger partial charge in [0.2, 0.25) is 0 Å². The van der Waals surface area contributed by atoms with E-state index < -0.39 is 0 Å². The number of morpholine rings is 1. The van der Waals surface area contributed by atoms with E-state index in [1.54, 1.807) is 0 Å². The molecule has 1 aliphatic heterocycles. The highest BCUT2D eigenvalue weighted by atomic mass is 16.5. The molecule has 1 aliphatic carbocycles. The zero-order valence-corrected chi connectivity index (χ0v) is 6.18. The van der Waals surface area contributed by atoms with Crippen molar-refractivity contribution in [2.24, 2.45) is 0 Å². The van der Waals surface area contributed by atoms with Gasteiger partial charge in [0.1, 0.15) is 0 Å². The third-order valence-corrected chi connectivity index (χ3v) is 2.44. The Hall–Kier alpha value is -0.0800. The van der Waals surface area contributed by atoms with Crippen molar-refractivity contribution in [2.75, 3.05) is 6.54 Å². The molecule has 0 amide bonds. The molecule has 1 saturated carbocycles. The molecule has 2 unspecified atom stereocenters. The van der Waals surface area contributed by atoms with E-state index in [4.69, 9.17) is 4.74 Å². The van der Waals surface area contributed by atoms with Crippen molar-refractivity contribution in [1.82, 2.24) is 5.32 Å². The Morgan fingerprint density at radius 1 is 1.30 bits per heavy atom. The predicted octanol–water partition coefficient (Wildman–Crippen LogP) is 1.08. The van der Waals surface area contributed by atoms with Crippen molar-refractivity contribution < 1.29 is 4.74 Å². The third-order valence-electron chi connectivity index (χ3n) is 2.44. The summed E-state index contributed by atoms with van der Waals surface area (Å²) in [5.74, 6) is 0. The highest BCUT2D eigenvalue weighted by Gasteiger charge is 2.27. The molecule has 0 spiro atoms. The molecule has 2 heteroatoms. The molecule has 2 nitrogen and oxygen atoms in total. The van der Waals surface area contributed by atoms with Crippen LogP contribution in [0.4, 0.5) is 0 Å². The monoisotopic (exact) mass is 140 g/mol. The van der Waals surface area contributed by atoms with Crippen molar-refractivity contribution in [2.45, 2.75) is 37.8 Å². The summed E-state index contributed by atoms with van der Waals surface area (Å²) in [7, 11) is 0. The van der Waals surface area contributed by atoms with E-state index in [1.807, 2.05) is 6.61 Å². The Morgan fingerprint density at radius 3 is 3.10 bits per heavy atom. The summed E-state index contributed by atoms with van der Waals surface area (Å²) >= 11 is 0. The first-order chi connectivity index (χ1) is 4.97. The van der Waals surface area contributed by atoms with Gasteiger partial charge < -0.3 is 10.1 Å². The molecule has 0 bridgehead atoms. The summed E-state index contributed by atoms with van der Waals surface area (Å²) in [6.07, 6.45) is 5.75. The summed E-state index contributed by atoms with van der Waals surface area (Å²) in [6, 6.07) is 0.652. The van der Waals surface area contributed by atoms with Crippen molar-refractivity contribution in [3.8, 4) is 0 Å². The molecule has 2 rings (SSSR count). The van der Waals surface area contributed by atoms with E-state index >= 15 is 0 Å². The number of hydrogen-bond acceptors (Lipinski definition) is 2. The van der Waals surface area contributed by atoms with Gasteiger partial charge >= 0.3 is 0 Å². The number of hydrogen-bond donors (Lipinski definition) is 1. The Bertz CT molecular complexity index is 89.8. The largest absolute Gasteiger partial charge is 0.369 e. The molecule has 0 aromatic rings. The molecule has 1 N–H and O–H groups in total. The van der Waals surface area contributed by atoms with E-state index in [2.05, 4.69) is 5.32 Å². The van der Waals surface area contributed by atoms with Crippen molar-refractivity contribution in [1.29, 1.82) is 0 Å². The third kappa shape index (κ3) is 1.18. The van der Waals surface area contributed by atoms with Crippen LogP contribution in [0.25, 0.3) is 0 Å². The first-order valence-electron chi connectivity index (χ1n) is 4.17. The highest BCUT2D eigenvalue weighted by molar-refractivity contribution is 4.86. The van der Waals surface area contributed by atoms with Gasteiger partial charge in [-0.05, 0) is 12.8 Å². The lowest BCUT2D eigenvalue weighted by molar-refractivity contribution is 0.0154. The lowest BCUT2D eigenvalue weighted by Crippen LogP contribution is -2.48. The maximum Gasteiger partial charge on any atom is 0.0977 e. The van der Waals surface area contributed by atoms with Crippen molar-refractivity contribution in [3.63, 3.8) is 0 Å². The summed E-state index contributed by atoms with van der Waals surface area (Å²) in [5, 5.41) is 3.44. The maximum atomic E-state index is 5.49. The maximum absolute atomic E-state index is 5.49. The van der Waals surface area contributed by atoms with Crippen LogP contribution in [0, 0.1) is 6.61 Å². The zero-order chi connectivity index (χ0) is 6.81. The Kier molecular flexibility index (Phi) is 1.91.